The van der Waals surface area contributed by atoms with Gasteiger partial charge >= 0.3 is 0 Å². The van der Waals surface area contributed by atoms with Crippen LogP contribution in [0.15, 0.2) is 35.4 Å². The number of hydrogen-bond acceptors (Lipinski definition) is 4. The van der Waals surface area contributed by atoms with Crippen molar-refractivity contribution in [3.8, 4) is 11.5 Å². The standard InChI is InChI=1S/C16H14Cl2N2O3/c1-8-4-3-5-13(21)14(8)16(23)20-19-9(2)11-6-10(17)7-12(18)15(11)22/h3-7,21-22H,1-2H3,(H,20,23)/b19-9+. The monoisotopic (exact) mass is 352 g/mol. The first-order valence-electron chi connectivity index (χ1n) is 6.63. The molecule has 0 fully saturated rings. The highest BCUT2D eigenvalue weighted by Crippen LogP contribution is 2.31. The summed E-state index contributed by atoms with van der Waals surface area (Å²) >= 11 is 11.7. The molecule has 0 saturated carbocycles. The molecular formula is C16H14Cl2N2O3. The highest BCUT2D eigenvalue weighted by atomic mass is 35.5. The molecule has 0 unspecified atom stereocenters. The SMILES string of the molecule is C/C(=N\NC(=O)c1c(C)cccc1O)c1cc(Cl)cc(Cl)c1O. The van der Waals surface area contributed by atoms with Crippen LogP contribution in [0.3, 0.4) is 0 Å². The Balaban J connectivity index is 2.28. The third-order valence-corrected chi connectivity index (χ3v) is 3.73. The van der Waals surface area contributed by atoms with Crippen molar-refractivity contribution in [2.45, 2.75) is 13.8 Å². The first kappa shape index (κ1) is 17.1. The van der Waals surface area contributed by atoms with Gasteiger partial charge in [-0.1, -0.05) is 35.3 Å². The normalized spacial score (nSPS) is 11.4. The smallest absolute Gasteiger partial charge is 0.275 e. The van der Waals surface area contributed by atoms with E-state index in [0.29, 0.717) is 21.9 Å². The van der Waals surface area contributed by atoms with Crippen molar-refractivity contribution >= 4 is 34.8 Å². The van der Waals surface area contributed by atoms with Crippen LogP contribution in [-0.2, 0) is 0 Å². The van der Waals surface area contributed by atoms with Crippen molar-refractivity contribution in [2.75, 3.05) is 0 Å². The fourth-order valence-corrected chi connectivity index (χ4v) is 2.53. The molecule has 2 aromatic carbocycles. The second kappa shape index (κ2) is 6.89. The van der Waals surface area contributed by atoms with Gasteiger partial charge in [0.2, 0.25) is 0 Å². The molecule has 2 aromatic rings. The van der Waals surface area contributed by atoms with Gasteiger partial charge in [0.05, 0.1) is 16.3 Å². The molecule has 120 valence electrons. The zero-order valence-corrected chi connectivity index (χ0v) is 13.9. The van der Waals surface area contributed by atoms with Crippen molar-refractivity contribution in [3.05, 3.63) is 57.1 Å². The summed E-state index contributed by atoms with van der Waals surface area (Å²) < 4.78 is 0. The minimum absolute atomic E-state index is 0.0879. The maximum Gasteiger partial charge on any atom is 0.275 e. The van der Waals surface area contributed by atoms with Crippen LogP contribution in [0.1, 0.15) is 28.4 Å². The van der Waals surface area contributed by atoms with Gasteiger partial charge in [0.25, 0.3) is 5.91 Å². The number of aromatic hydroxyl groups is 2. The van der Waals surface area contributed by atoms with E-state index in [9.17, 15) is 15.0 Å². The fourth-order valence-electron chi connectivity index (χ4n) is 2.04. The lowest BCUT2D eigenvalue weighted by atomic mass is 10.1. The van der Waals surface area contributed by atoms with Crippen LogP contribution in [0.2, 0.25) is 10.0 Å². The summed E-state index contributed by atoms with van der Waals surface area (Å²) in [6.45, 7) is 3.29. The summed E-state index contributed by atoms with van der Waals surface area (Å²) in [6.07, 6.45) is 0. The summed E-state index contributed by atoms with van der Waals surface area (Å²) in [5.74, 6) is -0.873. The van der Waals surface area contributed by atoms with Gasteiger partial charge in [0.15, 0.2) is 0 Å². The third kappa shape index (κ3) is 3.75. The Labute approximate surface area is 143 Å². The van der Waals surface area contributed by atoms with Gasteiger partial charge in [-0.2, -0.15) is 5.10 Å². The first-order chi connectivity index (χ1) is 10.8. The number of nitrogens with zero attached hydrogens (tertiary/aromatic N) is 1. The summed E-state index contributed by atoms with van der Waals surface area (Å²) in [7, 11) is 0. The van der Waals surface area contributed by atoms with Crippen LogP contribution in [-0.4, -0.2) is 21.8 Å². The molecule has 0 aromatic heterocycles. The highest BCUT2D eigenvalue weighted by molar-refractivity contribution is 6.36. The summed E-state index contributed by atoms with van der Waals surface area (Å²) in [5, 5.41) is 24.1. The number of phenolic OH excluding ortho intramolecular Hbond substituents is 2. The predicted octanol–water partition coefficient (Wildman–Crippen LogP) is 3.87. The Morgan fingerprint density at radius 2 is 1.91 bits per heavy atom. The van der Waals surface area contributed by atoms with E-state index in [1.165, 1.54) is 18.2 Å². The molecule has 5 nitrogen and oxygen atoms in total. The maximum atomic E-state index is 12.1. The Morgan fingerprint density at radius 3 is 2.57 bits per heavy atom. The summed E-state index contributed by atoms with van der Waals surface area (Å²) in [4.78, 5) is 12.1. The number of benzene rings is 2. The van der Waals surface area contributed by atoms with Crippen LogP contribution in [0, 0.1) is 6.92 Å². The van der Waals surface area contributed by atoms with Gasteiger partial charge in [0, 0.05) is 10.6 Å². The topological polar surface area (TPSA) is 81.9 Å². The number of carbonyl (C=O) groups is 1. The fraction of sp³-hybridized carbons (Fsp3) is 0.125. The van der Waals surface area contributed by atoms with Gasteiger partial charge in [-0.3, -0.25) is 4.79 Å². The van der Waals surface area contributed by atoms with Crippen molar-refractivity contribution in [1.82, 2.24) is 5.43 Å². The molecule has 0 heterocycles. The predicted molar refractivity (Wildman–Crippen MR) is 90.6 cm³/mol. The largest absolute Gasteiger partial charge is 0.507 e. The molecule has 3 N–H and O–H groups in total. The van der Waals surface area contributed by atoms with Crippen LogP contribution in [0.4, 0.5) is 0 Å². The molecule has 0 bridgehead atoms. The number of hydrazone groups is 1. The van der Waals surface area contributed by atoms with Crippen LogP contribution in [0.5, 0.6) is 11.5 Å². The third-order valence-electron chi connectivity index (χ3n) is 3.22. The molecule has 0 spiro atoms. The van der Waals surface area contributed by atoms with E-state index in [4.69, 9.17) is 23.2 Å². The number of carbonyl (C=O) groups excluding carboxylic acids is 1. The second-order valence-electron chi connectivity index (χ2n) is 4.89. The molecular weight excluding hydrogens is 339 g/mol. The minimum atomic E-state index is -0.562. The van der Waals surface area contributed by atoms with E-state index >= 15 is 0 Å². The molecule has 23 heavy (non-hydrogen) atoms. The second-order valence-corrected chi connectivity index (χ2v) is 5.73. The lowest BCUT2D eigenvalue weighted by molar-refractivity contribution is 0.0951. The first-order valence-corrected chi connectivity index (χ1v) is 7.38. The summed E-state index contributed by atoms with van der Waals surface area (Å²) in [5.41, 5.74) is 3.70. The molecule has 7 heteroatoms. The molecule has 0 aliphatic heterocycles. The van der Waals surface area contributed by atoms with Gasteiger partial charge in [0.1, 0.15) is 11.5 Å². The molecule has 0 radical (unpaired) electrons. The number of aryl methyl sites for hydroxylation is 1. The Morgan fingerprint density at radius 1 is 1.22 bits per heavy atom. The zero-order valence-electron chi connectivity index (χ0n) is 12.4. The van der Waals surface area contributed by atoms with Gasteiger partial charge in [-0.25, -0.2) is 5.43 Å². The molecule has 0 saturated heterocycles. The average Bonchev–Trinajstić information content (AvgIpc) is 2.48. The van der Waals surface area contributed by atoms with E-state index in [-0.39, 0.29) is 22.1 Å². The summed E-state index contributed by atoms with van der Waals surface area (Å²) in [6, 6.07) is 7.65. The van der Waals surface area contributed by atoms with Gasteiger partial charge < -0.3 is 10.2 Å². The molecule has 1 amide bonds. The Hall–Kier alpha value is -2.24. The van der Waals surface area contributed by atoms with E-state index in [1.807, 2.05) is 0 Å². The van der Waals surface area contributed by atoms with Crippen molar-refractivity contribution < 1.29 is 15.0 Å². The number of phenols is 2. The van der Waals surface area contributed by atoms with E-state index < -0.39 is 5.91 Å². The van der Waals surface area contributed by atoms with Gasteiger partial charge in [-0.05, 0) is 37.6 Å². The number of rotatable bonds is 3. The van der Waals surface area contributed by atoms with Crippen LogP contribution >= 0.6 is 23.2 Å². The van der Waals surface area contributed by atoms with Gasteiger partial charge in [-0.15, -0.1) is 0 Å². The zero-order chi connectivity index (χ0) is 17.1. The highest BCUT2D eigenvalue weighted by Gasteiger charge is 2.15. The van der Waals surface area contributed by atoms with Crippen LogP contribution < -0.4 is 5.43 Å². The maximum absolute atomic E-state index is 12.1. The molecule has 0 atom stereocenters. The molecule has 2 rings (SSSR count). The van der Waals surface area contributed by atoms with E-state index in [2.05, 4.69) is 10.5 Å². The Kier molecular flexibility index (Phi) is 5.13. The van der Waals surface area contributed by atoms with Crippen molar-refractivity contribution in [1.29, 1.82) is 0 Å². The number of halogens is 2. The molecule has 0 aliphatic carbocycles. The van der Waals surface area contributed by atoms with E-state index in [1.54, 1.807) is 26.0 Å². The average molecular weight is 353 g/mol. The lowest BCUT2D eigenvalue weighted by Crippen LogP contribution is -2.20. The van der Waals surface area contributed by atoms with Crippen molar-refractivity contribution in [2.24, 2.45) is 5.10 Å². The molecule has 0 aliphatic rings. The lowest BCUT2D eigenvalue weighted by Gasteiger charge is -2.09. The van der Waals surface area contributed by atoms with Crippen LogP contribution in [0.25, 0.3) is 0 Å². The van der Waals surface area contributed by atoms with E-state index in [0.717, 1.165) is 0 Å². The number of amides is 1. The number of nitrogens with one attached hydrogen (secondary N) is 1. The quantitative estimate of drug-likeness (QED) is 0.579. The Bertz CT molecular complexity index is 784. The number of hydrogen-bond donors (Lipinski definition) is 3. The van der Waals surface area contributed by atoms with Crippen molar-refractivity contribution in [3.63, 3.8) is 0 Å². The minimum Gasteiger partial charge on any atom is -0.507 e.